The van der Waals surface area contributed by atoms with Crippen molar-refractivity contribution in [3.05, 3.63) is 87.5 Å². The number of carbonyl (C=O) groups is 3. The molecule has 2 amide bonds. The highest BCUT2D eigenvalue weighted by atomic mass is 35.5. The molecule has 10 heteroatoms. The molecule has 2 N–H and O–H groups in total. The Balaban J connectivity index is 1.52. The Morgan fingerprint density at radius 3 is 2.34 bits per heavy atom. The summed E-state index contributed by atoms with van der Waals surface area (Å²) >= 11 is 7.89. The zero-order chi connectivity index (χ0) is 34.0. The molecule has 1 heterocycles. The fourth-order valence-electron chi connectivity index (χ4n) is 6.81. The van der Waals surface area contributed by atoms with Crippen molar-refractivity contribution in [3.8, 4) is 16.9 Å². The van der Waals surface area contributed by atoms with Gasteiger partial charge in [0, 0.05) is 39.8 Å². The number of nitrogens with zero attached hydrogens (tertiary/aromatic N) is 1. The van der Waals surface area contributed by atoms with Crippen molar-refractivity contribution in [1.82, 2.24) is 10.2 Å². The minimum Gasteiger partial charge on any atom is -0.496 e. The monoisotopic (exact) mass is 678 g/mol. The highest BCUT2D eigenvalue weighted by molar-refractivity contribution is 7.21. The lowest BCUT2D eigenvalue weighted by molar-refractivity contribution is 0.0543. The number of ketones is 1. The van der Waals surface area contributed by atoms with Crippen molar-refractivity contribution in [3.63, 3.8) is 0 Å². The number of hydrogen-bond donors (Lipinski definition) is 2. The Hall–Kier alpha value is -3.95. The molecule has 1 fully saturated rings. The number of benzene rings is 3. The molecule has 0 radical (unpaired) electrons. The second-order valence-electron chi connectivity index (χ2n) is 13.3. The van der Waals surface area contributed by atoms with Gasteiger partial charge in [-0.3, -0.25) is 9.59 Å². The van der Waals surface area contributed by atoms with E-state index in [1.165, 1.54) is 24.3 Å². The standard InChI is InChI=1S/C37H40ClFN2O5S/c1-21(42)23-8-6-9-24(18-23)25-14-17-29(46-5)26(19-25)20-41(35(43)33-32(38)31-28(39)10-7-11-30(31)47-33)27-15-12-22(13-16-27)34(37(2,3)4)40-36(44)45/h6-11,14,17-19,22,27,34,40H,12-13,15-16,20H2,1-5H3,(H,44,45). The number of methoxy groups -OCH3 is 1. The number of carboxylic acid groups (broad SMARTS) is 1. The number of carbonyl (C=O) groups excluding carboxylic acids is 2. The second kappa shape index (κ2) is 14.0. The van der Waals surface area contributed by atoms with Crippen LogP contribution in [0.1, 0.15) is 79.0 Å². The molecule has 4 aromatic rings. The van der Waals surface area contributed by atoms with Gasteiger partial charge in [-0.15, -0.1) is 11.3 Å². The van der Waals surface area contributed by atoms with Gasteiger partial charge in [-0.05, 0) is 85.4 Å². The third kappa shape index (κ3) is 7.47. The van der Waals surface area contributed by atoms with E-state index in [0.29, 0.717) is 28.9 Å². The number of thiophene rings is 1. The number of amides is 2. The van der Waals surface area contributed by atoms with Crippen molar-refractivity contribution in [2.24, 2.45) is 11.3 Å². The van der Waals surface area contributed by atoms with E-state index in [0.717, 1.165) is 29.5 Å². The molecule has 248 valence electrons. The smallest absolute Gasteiger partial charge is 0.404 e. The summed E-state index contributed by atoms with van der Waals surface area (Å²) < 4.78 is 21.2. The van der Waals surface area contributed by atoms with Crippen LogP contribution < -0.4 is 10.1 Å². The predicted molar refractivity (Wildman–Crippen MR) is 185 cm³/mol. The largest absolute Gasteiger partial charge is 0.496 e. The van der Waals surface area contributed by atoms with Gasteiger partial charge in [0.25, 0.3) is 5.91 Å². The molecule has 0 aliphatic heterocycles. The molecule has 0 bridgehead atoms. The number of ether oxygens (including phenoxy) is 1. The summed E-state index contributed by atoms with van der Waals surface area (Å²) in [5.41, 5.74) is 2.83. The lowest BCUT2D eigenvalue weighted by Crippen LogP contribution is -2.50. The van der Waals surface area contributed by atoms with E-state index in [1.54, 1.807) is 25.3 Å². The molecule has 7 nitrogen and oxygen atoms in total. The molecular weight excluding hydrogens is 639 g/mol. The van der Waals surface area contributed by atoms with Gasteiger partial charge >= 0.3 is 6.09 Å². The third-order valence-corrected chi connectivity index (χ3v) is 10.8. The summed E-state index contributed by atoms with van der Waals surface area (Å²) in [6.45, 7) is 7.83. The third-order valence-electron chi connectivity index (χ3n) is 9.15. The van der Waals surface area contributed by atoms with Gasteiger partial charge in [0.1, 0.15) is 16.4 Å². The van der Waals surface area contributed by atoms with Crippen molar-refractivity contribution < 1.29 is 28.6 Å². The number of halogens is 2. The van der Waals surface area contributed by atoms with Crippen molar-refractivity contribution in [1.29, 1.82) is 0 Å². The van der Waals surface area contributed by atoms with Gasteiger partial charge in [-0.1, -0.05) is 62.7 Å². The van der Waals surface area contributed by atoms with E-state index in [1.807, 2.05) is 62.1 Å². The number of fused-ring (bicyclic) bond motifs is 1. The number of Topliss-reactive ketones (excluding diaryl/α,β-unsaturated/α-hetero) is 1. The number of rotatable bonds is 9. The minimum atomic E-state index is -1.05. The SMILES string of the molecule is COc1ccc(-c2cccc(C(C)=O)c2)cc1CN(C(=O)c1sc2cccc(F)c2c1Cl)C1CCC(C(NC(=O)O)C(C)(C)C)CC1. The summed E-state index contributed by atoms with van der Waals surface area (Å²) in [5, 5.41) is 12.6. The molecule has 0 spiro atoms. The van der Waals surface area contributed by atoms with Gasteiger partial charge in [-0.25, -0.2) is 9.18 Å². The van der Waals surface area contributed by atoms with Gasteiger partial charge in [0.15, 0.2) is 5.78 Å². The van der Waals surface area contributed by atoms with E-state index in [9.17, 15) is 23.9 Å². The maximum atomic E-state index is 14.8. The Bertz CT molecular complexity index is 1810. The average Bonchev–Trinajstić information content (AvgIpc) is 3.38. The second-order valence-corrected chi connectivity index (χ2v) is 14.7. The van der Waals surface area contributed by atoms with E-state index < -0.39 is 11.9 Å². The fourth-order valence-corrected chi connectivity index (χ4v) is 8.32. The Kier molecular flexibility index (Phi) is 10.3. The zero-order valence-electron chi connectivity index (χ0n) is 27.2. The first-order valence-corrected chi connectivity index (χ1v) is 16.9. The van der Waals surface area contributed by atoms with Crippen LogP contribution in [0.5, 0.6) is 5.75 Å². The Morgan fingerprint density at radius 1 is 1.04 bits per heavy atom. The quantitative estimate of drug-likeness (QED) is 0.172. The van der Waals surface area contributed by atoms with Crippen LogP contribution >= 0.6 is 22.9 Å². The summed E-state index contributed by atoms with van der Waals surface area (Å²) in [6, 6.07) is 17.4. The average molecular weight is 679 g/mol. The molecular formula is C37H40ClFN2O5S. The molecule has 1 saturated carbocycles. The Morgan fingerprint density at radius 2 is 1.72 bits per heavy atom. The van der Waals surface area contributed by atoms with E-state index in [-0.39, 0.29) is 56.9 Å². The molecule has 1 unspecified atom stereocenters. The van der Waals surface area contributed by atoms with E-state index >= 15 is 0 Å². The molecule has 5 rings (SSSR count). The molecule has 1 atom stereocenters. The molecule has 47 heavy (non-hydrogen) atoms. The minimum absolute atomic E-state index is 0.0307. The van der Waals surface area contributed by atoms with Crippen LogP contribution in [-0.2, 0) is 6.54 Å². The van der Waals surface area contributed by atoms with Gasteiger partial charge < -0.3 is 20.1 Å². The first-order chi connectivity index (χ1) is 22.3. The lowest BCUT2D eigenvalue weighted by Gasteiger charge is -2.43. The van der Waals surface area contributed by atoms with Crippen LogP contribution in [-0.4, -0.2) is 47.0 Å². The van der Waals surface area contributed by atoms with Gasteiger partial charge in [0.2, 0.25) is 0 Å². The topological polar surface area (TPSA) is 95.9 Å². The van der Waals surface area contributed by atoms with Crippen LogP contribution in [0.15, 0.2) is 60.7 Å². The van der Waals surface area contributed by atoms with Gasteiger partial charge in [-0.2, -0.15) is 0 Å². The van der Waals surface area contributed by atoms with E-state index in [2.05, 4.69) is 5.32 Å². The fraction of sp³-hybridized carbons (Fsp3) is 0.378. The molecule has 1 aromatic heterocycles. The summed E-state index contributed by atoms with van der Waals surface area (Å²) in [6.07, 6.45) is 1.71. The normalized spacial score (nSPS) is 17.3. The number of hydrogen-bond acceptors (Lipinski definition) is 5. The first kappa shape index (κ1) is 34.4. The zero-order valence-corrected chi connectivity index (χ0v) is 28.8. The van der Waals surface area contributed by atoms with Crippen LogP contribution in [0.3, 0.4) is 0 Å². The van der Waals surface area contributed by atoms with E-state index in [4.69, 9.17) is 16.3 Å². The molecule has 0 saturated heterocycles. The lowest BCUT2D eigenvalue weighted by atomic mass is 9.72. The summed E-state index contributed by atoms with van der Waals surface area (Å²) in [7, 11) is 1.58. The molecule has 1 aliphatic carbocycles. The van der Waals surface area contributed by atoms with Crippen molar-refractivity contribution in [2.75, 3.05) is 7.11 Å². The molecule has 3 aromatic carbocycles. The summed E-state index contributed by atoms with van der Waals surface area (Å²) in [4.78, 5) is 40.3. The van der Waals surface area contributed by atoms with Crippen LogP contribution in [0.2, 0.25) is 5.02 Å². The van der Waals surface area contributed by atoms with Gasteiger partial charge in [0.05, 0.1) is 12.1 Å². The Labute approximate surface area is 283 Å². The van der Waals surface area contributed by atoms with Crippen LogP contribution in [0.4, 0.5) is 9.18 Å². The highest BCUT2D eigenvalue weighted by Gasteiger charge is 2.39. The maximum absolute atomic E-state index is 14.8. The maximum Gasteiger partial charge on any atom is 0.404 e. The van der Waals surface area contributed by atoms with Crippen molar-refractivity contribution >= 4 is 50.8 Å². The molecule has 1 aliphatic rings. The van der Waals surface area contributed by atoms with Crippen LogP contribution in [0.25, 0.3) is 21.2 Å². The van der Waals surface area contributed by atoms with Crippen LogP contribution in [0, 0.1) is 17.2 Å². The number of nitrogens with one attached hydrogen (secondary N) is 1. The highest BCUT2D eigenvalue weighted by Crippen LogP contribution is 2.41. The van der Waals surface area contributed by atoms with Crippen molar-refractivity contribution in [2.45, 2.75) is 72.0 Å². The summed E-state index contributed by atoms with van der Waals surface area (Å²) in [5.74, 6) is -0.0863. The first-order valence-electron chi connectivity index (χ1n) is 15.7. The predicted octanol–water partition coefficient (Wildman–Crippen LogP) is 9.46.